The van der Waals surface area contributed by atoms with Gasteiger partial charge in [-0.05, 0) is 42.7 Å². The molecule has 0 saturated heterocycles. The smallest absolute Gasteiger partial charge is 0.326 e. The molecule has 1 N–H and O–H groups in total. The number of ether oxygens (including phenoxy) is 1. The summed E-state index contributed by atoms with van der Waals surface area (Å²) in [4.78, 5) is 12.5. The lowest BCUT2D eigenvalue weighted by molar-refractivity contribution is 0.0978. The summed E-state index contributed by atoms with van der Waals surface area (Å²) in [5.74, 6) is -0.559. The summed E-state index contributed by atoms with van der Waals surface area (Å²) >= 11 is 5.87. The molecule has 0 fully saturated rings. The normalized spacial score (nSPS) is 13.9. The lowest BCUT2D eigenvalue weighted by atomic mass is 10.0. The lowest BCUT2D eigenvalue weighted by Gasteiger charge is -2.30. The Kier molecular flexibility index (Phi) is 4.87. The Labute approximate surface area is 151 Å². The minimum Gasteiger partial charge on any atom is -0.496 e. The average Bonchev–Trinajstić information content (AvgIpc) is 2.60. The molecule has 1 heterocycles. The van der Waals surface area contributed by atoms with Gasteiger partial charge in [-0.1, -0.05) is 29.8 Å². The number of anilines is 1. The Morgan fingerprint density at radius 2 is 2.00 bits per heavy atom. The van der Waals surface area contributed by atoms with Gasteiger partial charge in [-0.3, -0.25) is 9.10 Å². The molecular formula is C17H17ClN2O4S. The molecule has 0 spiro atoms. The number of halogens is 1. The Balaban J connectivity index is 1.89. The van der Waals surface area contributed by atoms with Crippen molar-refractivity contribution in [2.75, 3.05) is 18.0 Å². The molecule has 6 nitrogen and oxygen atoms in total. The summed E-state index contributed by atoms with van der Waals surface area (Å²) in [6.07, 6.45) is 1.50. The zero-order chi connectivity index (χ0) is 18.0. The molecule has 0 atom stereocenters. The molecule has 0 aromatic heterocycles. The van der Waals surface area contributed by atoms with Gasteiger partial charge >= 0.3 is 10.2 Å². The van der Waals surface area contributed by atoms with E-state index in [2.05, 4.69) is 4.72 Å². The first-order valence-electron chi connectivity index (χ1n) is 7.68. The summed E-state index contributed by atoms with van der Waals surface area (Å²) in [7, 11) is -2.65. The van der Waals surface area contributed by atoms with E-state index < -0.39 is 16.1 Å². The third kappa shape index (κ3) is 3.57. The van der Waals surface area contributed by atoms with Gasteiger partial charge in [0.15, 0.2) is 0 Å². The van der Waals surface area contributed by atoms with Crippen LogP contribution in [-0.2, 0) is 16.6 Å². The number of carbonyl (C=O) groups excluding carboxylic acids is 1. The number of benzene rings is 2. The Hall–Kier alpha value is -2.25. The predicted octanol–water partition coefficient (Wildman–Crippen LogP) is 2.78. The number of fused-ring (bicyclic) bond motifs is 1. The van der Waals surface area contributed by atoms with Crippen molar-refractivity contribution in [2.45, 2.75) is 12.8 Å². The van der Waals surface area contributed by atoms with Gasteiger partial charge < -0.3 is 4.74 Å². The van der Waals surface area contributed by atoms with Crippen molar-refractivity contribution < 1.29 is 17.9 Å². The molecule has 0 aliphatic carbocycles. The highest BCUT2D eigenvalue weighted by Crippen LogP contribution is 2.29. The lowest BCUT2D eigenvalue weighted by Crippen LogP contribution is -2.45. The van der Waals surface area contributed by atoms with Gasteiger partial charge in [0, 0.05) is 11.6 Å². The third-order valence-electron chi connectivity index (χ3n) is 3.99. The summed E-state index contributed by atoms with van der Waals surface area (Å²) < 4.78 is 33.9. The summed E-state index contributed by atoms with van der Waals surface area (Å²) in [5, 5.41) is 0.390. The van der Waals surface area contributed by atoms with Crippen LogP contribution in [0.25, 0.3) is 0 Å². The highest BCUT2D eigenvalue weighted by Gasteiger charge is 2.29. The molecule has 132 valence electrons. The van der Waals surface area contributed by atoms with Crippen molar-refractivity contribution in [2.24, 2.45) is 0 Å². The number of aryl methyl sites for hydroxylation is 1. The number of methoxy groups -OCH3 is 1. The zero-order valence-electron chi connectivity index (χ0n) is 13.5. The number of amides is 1. The number of carbonyl (C=O) groups is 1. The van der Waals surface area contributed by atoms with Crippen LogP contribution < -0.4 is 13.8 Å². The maximum Gasteiger partial charge on any atom is 0.326 e. The van der Waals surface area contributed by atoms with Crippen molar-refractivity contribution in [1.29, 1.82) is 0 Å². The van der Waals surface area contributed by atoms with Crippen LogP contribution in [0.5, 0.6) is 5.75 Å². The molecule has 8 heteroatoms. The molecular weight excluding hydrogens is 364 g/mol. The topological polar surface area (TPSA) is 75.7 Å². The number of rotatable bonds is 4. The first-order valence-corrected chi connectivity index (χ1v) is 9.50. The Morgan fingerprint density at radius 3 is 2.76 bits per heavy atom. The molecule has 0 radical (unpaired) electrons. The Morgan fingerprint density at radius 1 is 1.24 bits per heavy atom. The third-order valence-corrected chi connectivity index (χ3v) is 5.63. The summed E-state index contributed by atoms with van der Waals surface area (Å²) in [5.41, 5.74) is 1.63. The molecule has 0 unspecified atom stereocenters. The predicted molar refractivity (Wildman–Crippen MR) is 96.5 cm³/mol. The summed E-state index contributed by atoms with van der Waals surface area (Å²) in [6.45, 7) is 0.317. The number of para-hydroxylation sites is 1. The van der Waals surface area contributed by atoms with Gasteiger partial charge in [-0.2, -0.15) is 8.42 Å². The van der Waals surface area contributed by atoms with Crippen molar-refractivity contribution in [3.8, 4) is 5.75 Å². The van der Waals surface area contributed by atoms with Crippen LogP contribution in [0.3, 0.4) is 0 Å². The highest BCUT2D eigenvalue weighted by atomic mass is 35.5. The number of nitrogens with zero attached hydrogens (tertiary/aromatic N) is 1. The SMILES string of the molecule is COc1cc(Cl)ccc1C(=O)NS(=O)(=O)N1CCCc2ccccc21. The maximum atomic E-state index is 12.7. The molecule has 0 saturated carbocycles. The molecule has 1 aliphatic rings. The van der Waals surface area contributed by atoms with E-state index in [9.17, 15) is 13.2 Å². The molecule has 1 aliphatic heterocycles. The van der Waals surface area contributed by atoms with Gasteiger partial charge in [0.05, 0.1) is 18.4 Å². The van der Waals surface area contributed by atoms with Crippen molar-refractivity contribution in [3.63, 3.8) is 0 Å². The van der Waals surface area contributed by atoms with Crippen LogP contribution in [0.15, 0.2) is 42.5 Å². The fourth-order valence-corrected chi connectivity index (χ4v) is 4.25. The van der Waals surface area contributed by atoms with Gasteiger partial charge in [0.2, 0.25) is 0 Å². The van der Waals surface area contributed by atoms with E-state index in [4.69, 9.17) is 16.3 Å². The van der Waals surface area contributed by atoms with E-state index in [0.29, 0.717) is 23.7 Å². The fourth-order valence-electron chi connectivity index (χ4n) is 2.83. The quantitative estimate of drug-likeness (QED) is 0.884. The van der Waals surface area contributed by atoms with Gasteiger partial charge in [-0.25, -0.2) is 4.72 Å². The van der Waals surface area contributed by atoms with Crippen LogP contribution in [0.1, 0.15) is 22.3 Å². The van der Waals surface area contributed by atoms with E-state index in [1.165, 1.54) is 29.6 Å². The summed E-state index contributed by atoms with van der Waals surface area (Å²) in [6, 6.07) is 11.7. The van der Waals surface area contributed by atoms with E-state index >= 15 is 0 Å². The number of hydrogen-bond donors (Lipinski definition) is 1. The maximum absolute atomic E-state index is 12.7. The molecule has 0 bridgehead atoms. The van der Waals surface area contributed by atoms with Crippen LogP contribution in [0, 0.1) is 0 Å². The molecule has 2 aromatic rings. The zero-order valence-corrected chi connectivity index (χ0v) is 15.1. The standard InChI is InChI=1S/C17H17ClN2O4S/c1-24-16-11-13(18)8-9-14(16)17(21)19-25(22,23)20-10-4-6-12-5-2-3-7-15(12)20/h2-3,5,7-9,11H,4,6,10H2,1H3,(H,19,21). The van der Waals surface area contributed by atoms with Crippen molar-refractivity contribution in [1.82, 2.24) is 4.72 Å². The second kappa shape index (κ2) is 6.93. The molecule has 3 rings (SSSR count). The van der Waals surface area contributed by atoms with E-state index in [1.54, 1.807) is 12.1 Å². The highest BCUT2D eigenvalue weighted by molar-refractivity contribution is 7.91. The van der Waals surface area contributed by atoms with Gasteiger partial charge in [0.25, 0.3) is 5.91 Å². The van der Waals surface area contributed by atoms with E-state index in [-0.39, 0.29) is 11.3 Å². The van der Waals surface area contributed by atoms with Crippen LogP contribution in [0.4, 0.5) is 5.69 Å². The van der Waals surface area contributed by atoms with Crippen LogP contribution >= 0.6 is 11.6 Å². The van der Waals surface area contributed by atoms with Crippen molar-refractivity contribution >= 4 is 33.4 Å². The minimum atomic E-state index is -4.03. The fraction of sp³-hybridized carbons (Fsp3) is 0.235. The van der Waals surface area contributed by atoms with Crippen molar-refractivity contribution in [3.05, 3.63) is 58.6 Å². The van der Waals surface area contributed by atoms with Gasteiger partial charge in [-0.15, -0.1) is 0 Å². The first kappa shape index (κ1) is 17.6. The second-order valence-corrected chi connectivity index (χ2v) is 7.62. The minimum absolute atomic E-state index is 0.0979. The average molecular weight is 381 g/mol. The van der Waals surface area contributed by atoms with Crippen LogP contribution in [-0.4, -0.2) is 28.0 Å². The molecule has 25 heavy (non-hydrogen) atoms. The molecule has 2 aromatic carbocycles. The largest absolute Gasteiger partial charge is 0.496 e. The van der Waals surface area contributed by atoms with E-state index in [0.717, 1.165) is 12.0 Å². The monoisotopic (exact) mass is 380 g/mol. The van der Waals surface area contributed by atoms with Crippen LogP contribution in [0.2, 0.25) is 5.02 Å². The first-order chi connectivity index (χ1) is 11.9. The van der Waals surface area contributed by atoms with E-state index in [1.807, 2.05) is 12.1 Å². The number of hydrogen-bond acceptors (Lipinski definition) is 4. The molecule has 1 amide bonds. The van der Waals surface area contributed by atoms with Gasteiger partial charge in [0.1, 0.15) is 5.75 Å². The Bertz CT molecular complexity index is 915. The number of nitrogens with one attached hydrogen (secondary N) is 1. The second-order valence-electron chi connectivity index (χ2n) is 5.59.